The lowest BCUT2D eigenvalue weighted by Gasteiger charge is -2.48. The number of nitrogens with zero attached hydrogens (tertiary/aromatic N) is 2. The number of likely N-dealkylation sites (N-methyl/N-ethyl adjacent to an activating group) is 3. The van der Waals surface area contributed by atoms with Gasteiger partial charge in [0.2, 0.25) is 0 Å². The molecule has 31 heteroatoms. The number of hydrogen-bond donors (Lipinski definition) is 21. The zero-order valence-electron chi connectivity index (χ0n) is 43.3. The van der Waals surface area contributed by atoms with E-state index in [2.05, 4.69) is 36.6 Å². The molecule has 2 aliphatic carbocycles. The summed E-state index contributed by atoms with van der Waals surface area (Å²) in [6, 6.07) is -7.08. The summed E-state index contributed by atoms with van der Waals surface area (Å²) in [5.74, 6) is -1.05. The Morgan fingerprint density at radius 2 is 1.32 bits per heavy atom. The first-order valence-corrected chi connectivity index (χ1v) is 25.5. The van der Waals surface area contributed by atoms with Crippen LogP contribution in [0.5, 0.6) is 0 Å². The average Bonchev–Trinajstić information content (AvgIpc) is 3.58. The molecular weight excluding hydrogens is 999 g/mol. The number of hydrogen-bond acceptors (Lipinski definition) is 27. The second kappa shape index (κ2) is 26.2. The molecule has 28 atom stereocenters. The molecule has 6 fully saturated rings. The highest BCUT2D eigenvalue weighted by Crippen LogP contribution is 2.40. The molecule has 4 saturated heterocycles. The molecule has 31 nitrogen and oxygen atoms in total. The molecular formula is C44H87N13O18. The molecule has 6 rings (SSSR count). The molecule has 0 radical (unpaired) electrons. The van der Waals surface area contributed by atoms with E-state index in [1.54, 1.807) is 14.1 Å². The quantitative estimate of drug-likeness (QED) is 0.0288. The number of ether oxygens (including phenoxy) is 8. The summed E-state index contributed by atoms with van der Waals surface area (Å²) in [6.45, 7) is 4.27. The van der Waals surface area contributed by atoms with Crippen molar-refractivity contribution in [2.45, 2.75) is 210 Å². The number of nitrogens with two attached hydrogens (primary N) is 6. The van der Waals surface area contributed by atoms with Crippen molar-refractivity contribution in [3.8, 4) is 0 Å². The Kier molecular flexibility index (Phi) is 21.6. The van der Waals surface area contributed by atoms with Crippen LogP contribution in [-0.4, -0.2) is 287 Å². The lowest BCUT2D eigenvalue weighted by atomic mass is 9.81. The number of rotatable bonds is 21. The predicted molar refractivity (Wildman–Crippen MR) is 263 cm³/mol. The second-order valence-electron chi connectivity index (χ2n) is 20.9. The van der Waals surface area contributed by atoms with Crippen molar-refractivity contribution in [1.29, 1.82) is 0 Å². The number of aliphatic imine (C=N–C) groups is 2. The van der Waals surface area contributed by atoms with Crippen LogP contribution in [0.25, 0.3) is 0 Å². The fourth-order valence-electron chi connectivity index (χ4n) is 11.0. The van der Waals surface area contributed by atoms with Crippen molar-refractivity contribution in [1.82, 2.24) is 26.6 Å². The maximum Gasteiger partial charge on any atom is 0.187 e. The van der Waals surface area contributed by atoms with Gasteiger partial charge in [0.15, 0.2) is 37.1 Å². The van der Waals surface area contributed by atoms with E-state index in [0.717, 1.165) is 0 Å². The third-order valence-electron chi connectivity index (χ3n) is 15.6. The Morgan fingerprint density at radius 1 is 0.693 bits per heavy atom. The van der Waals surface area contributed by atoms with Gasteiger partial charge in [-0.2, -0.15) is 0 Å². The highest BCUT2D eigenvalue weighted by Gasteiger charge is 2.61. The minimum absolute atomic E-state index is 0.0874. The van der Waals surface area contributed by atoms with Crippen LogP contribution in [0.4, 0.5) is 0 Å². The van der Waals surface area contributed by atoms with Crippen LogP contribution in [-0.2, 0) is 37.9 Å². The van der Waals surface area contributed by atoms with E-state index >= 15 is 0 Å². The topological polar surface area (TPSA) is 517 Å². The Labute approximate surface area is 435 Å². The second-order valence-corrected chi connectivity index (χ2v) is 20.9. The molecule has 0 aromatic carbocycles. The zero-order valence-corrected chi connectivity index (χ0v) is 43.3. The molecule has 2 saturated carbocycles. The Bertz CT molecular complexity index is 1850. The molecule has 4 heterocycles. The minimum atomic E-state index is -2.04. The van der Waals surface area contributed by atoms with Gasteiger partial charge in [-0.3, -0.25) is 0 Å². The Hall–Kier alpha value is -2.46. The average molecular weight is 1090 g/mol. The molecule has 75 heavy (non-hydrogen) atoms. The van der Waals surface area contributed by atoms with Gasteiger partial charge in [0.25, 0.3) is 0 Å². The van der Waals surface area contributed by atoms with Gasteiger partial charge >= 0.3 is 0 Å². The fourth-order valence-corrected chi connectivity index (χ4v) is 11.0. The summed E-state index contributed by atoms with van der Waals surface area (Å²) in [4.78, 5) is 7.91. The summed E-state index contributed by atoms with van der Waals surface area (Å²) in [5.41, 5.74) is 32.2. The molecule has 6 aliphatic rings. The smallest absolute Gasteiger partial charge is 0.187 e. The standard InChI is InChI=1S/C44H87N13O18/c1-15(51-4)20-8-7-19(37(70-20)72-32-17(45)11-18(46)33(30(32)64)73-39-31(65)35(53-6)43(3,66)14-68-39)55-10-9-54-13-44(67)16(2)69-40(36(44)75-38-24(52-5)28(62)25(59)21(12-58)71-38)74-34-23(57-42(49)50)26(60)22(56-41(47)48)27(61)29(34)63/h15-40,51-55,58-67H,7-14,45-46H2,1-6H3,(H4,47,48,56)(H4,49,50,57)/t15?,16-,17-,18+,19?,20-,21?,22?,23-,24?,25-,26?,27-,28+,29?,30-,31+,32?,33?,34-,35+,36?,37?,38-,39?,40-,43-,44-/m0/s1. The summed E-state index contributed by atoms with van der Waals surface area (Å²) in [6.07, 6.45) is -23.4. The fraction of sp³-hybridized carbons (Fsp3) is 0.955. The van der Waals surface area contributed by atoms with E-state index in [9.17, 15) is 51.1 Å². The predicted octanol–water partition coefficient (Wildman–Crippen LogP) is -11.5. The molecule has 436 valence electrons. The van der Waals surface area contributed by atoms with Gasteiger partial charge in [0.05, 0.1) is 43.5 Å². The Balaban J connectivity index is 1.18. The van der Waals surface area contributed by atoms with Gasteiger partial charge in [-0.05, 0) is 61.2 Å². The summed E-state index contributed by atoms with van der Waals surface area (Å²) in [5, 5.41) is 128. The lowest BCUT2D eigenvalue weighted by Crippen LogP contribution is -2.68. The maximum atomic E-state index is 12.6. The van der Waals surface area contributed by atoms with Gasteiger partial charge in [0.1, 0.15) is 96.5 Å². The van der Waals surface area contributed by atoms with E-state index < -0.39 is 177 Å². The highest BCUT2D eigenvalue weighted by molar-refractivity contribution is 5.76. The van der Waals surface area contributed by atoms with E-state index in [1.165, 1.54) is 20.9 Å². The normalized spacial score (nSPS) is 48.0. The molecule has 0 bridgehead atoms. The van der Waals surface area contributed by atoms with E-state index in [4.69, 9.17) is 72.3 Å². The first-order chi connectivity index (χ1) is 35.3. The summed E-state index contributed by atoms with van der Waals surface area (Å²) < 4.78 is 49.7. The van der Waals surface area contributed by atoms with Crippen molar-refractivity contribution in [2.24, 2.45) is 44.4 Å². The van der Waals surface area contributed by atoms with Crippen LogP contribution in [0, 0.1) is 0 Å². The van der Waals surface area contributed by atoms with Crippen molar-refractivity contribution in [3.63, 3.8) is 0 Å². The highest BCUT2D eigenvalue weighted by atomic mass is 16.8. The van der Waals surface area contributed by atoms with Crippen LogP contribution in [0.1, 0.15) is 40.0 Å². The molecule has 12 unspecified atom stereocenters. The minimum Gasteiger partial charge on any atom is -0.394 e. The SMILES string of the molecule is CNC(C)[C@@H]1CCC(NCCNC[C@@]2(O)C(O[C@@H]3OC(CO)[C@H](O)[C@H](O)C3NC)[C@H](O[C@@H]3C(O)[C@@H](O)C(N=C(N)N)C(O)[C@@H]3N=C(N)N)O[C@H]2C)C(OC2[C@H](O)C(OC3OC[C@](C)(O)[C@H](NC)[C@H]3O)[C@H](N)C[C@@H]2N)O1. The number of aliphatic hydroxyl groups excluding tert-OH is 8. The summed E-state index contributed by atoms with van der Waals surface area (Å²) >= 11 is 0. The van der Waals surface area contributed by atoms with E-state index in [0.29, 0.717) is 12.8 Å². The lowest BCUT2D eigenvalue weighted by molar-refractivity contribution is -0.316. The largest absolute Gasteiger partial charge is 0.394 e. The molecule has 0 aromatic heterocycles. The zero-order chi connectivity index (χ0) is 55.4. The van der Waals surface area contributed by atoms with Gasteiger partial charge in [-0.25, -0.2) is 9.98 Å². The molecule has 27 N–H and O–H groups in total. The van der Waals surface area contributed by atoms with Crippen LogP contribution in [0.15, 0.2) is 9.98 Å². The van der Waals surface area contributed by atoms with Gasteiger partial charge < -0.3 is 150 Å². The Morgan fingerprint density at radius 3 is 1.92 bits per heavy atom. The van der Waals surface area contributed by atoms with Crippen LogP contribution >= 0.6 is 0 Å². The van der Waals surface area contributed by atoms with Crippen LogP contribution in [0.2, 0.25) is 0 Å². The molecule has 4 aliphatic heterocycles. The van der Waals surface area contributed by atoms with Gasteiger partial charge in [-0.15, -0.1) is 0 Å². The number of guanidine groups is 2. The first kappa shape index (κ1) is 61.7. The molecule has 0 amide bonds. The maximum absolute atomic E-state index is 12.6. The van der Waals surface area contributed by atoms with E-state index in [1.807, 2.05) is 6.92 Å². The van der Waals surface area contributed by atoms with Gasteiger partial charge in [0, 0.05) is 37.8 Å². The van der Waals surface area contributed by atoms with Crippen molar-refractivity contribution < 1.29 is 89.0 Å². The van der Waals surface area contributed by atoms with Crippen molar-refractivity contribution >= 4 is 11.9 Å². The van der Waals surface area contributed by atoms with E-state index in [-0.39, 0.29) is 44.8 Å². The summed E-state index contributed by atoms with van der Waals surface area (Å²) in [7, 11) is 4.85. The van der Waals surface area contributed by atoms with Crippen molar-refractivity contribution in [3.05, 3.63) is 0 Å². The van der Waals surface area contributed by atoms with Crippen LogP contribution in [0.3, 0.4) is 0 Å². The van der Waals surface area contributed by atoms with Crippen LogP contribution < -0.4 is 61.0 Å². The molecule has 0 spiro atoms. The monoisotopic (exact) mass is 1090 g/mol. The van der Waals surface area contributed by atoms with Crippen molar-refractivity contribution in [2.75, 3.05) is 54.0 Å². The van der Waals surface area contributed by atoms with Gasteiger partial charge in [-0.1, -0.05) is 0 Å². The number of nitrogens with one attached hydrogen (secondary N) is 5. The number of aliphatic hydroxyl groups is 10. The molecule has 0 aromatic rings. The first-order valence-electron chi connectivity index (χ1n) is 25.5. The third kappa shape index (κ3) is 13.6. The third-order valence-corrected chi connectivity index (χ3v) is 15.6.